The maximum Gasteiger partial charge on any atom is 0.257 e. The van der Waals surface area contributed by atoms with Crippen LogP contribution in [-0.4, -0.2) is 20.4 Å². The molecule has 0 saturated heterocycles. The molecule has 25 heavy (non-hydrogen) atoms. The molecule has 0 saturated carbocycles. The molecule has 7 heteroatoms. The lowest BCUT2D eigenvalue weighted by Crippen LogP contribution is -2.30. The van der Waals surface area contributed by atoms with Gasteiger partial charge in [-0.2, -0.15) is 0 Å². The molecule has 0 unspecified atom stereocenters. The van der Waals surface area contributed by atoms with Gasteiger partial charge in [0.2, 0.25) is 10.0 Å². The molecule has 2 rings (SSSR count). The Kier molecular flexibility index (Phi) is 5.87. The van der Waals surface area contributed by atoms with Crippen LogP contribution in [0.15, 0.2) is 41.3 Å². The molecule has 0 aromatic heterocycles. The molecule has 134 valence electrons. The summed E-state index contributed by atoms with van der Waals surface area (Å²) < 4.78 is 27.1. The number of rotatable bonds is 5. The SMILES string of the molecule is Cc1cccc(NC(=O)c2cc(S(=O)(=O)NC(C)C)ccc2Cl)c1C. The third-order valence-corrected chi connectivity index (χ3v) is 5.72. The maximum absolute atomic E-state index is 12.6. The monoisotopic (exact) mass is 380 g/mol. The van der Waals surface area contributed by atoms with Crippen LogP contribution in [0.25, 0.3) is 0 Å². The van der Waals surface area contributed by atoms with E-state index in [2.05, 4.69) is 10.0 Å². The number of hydrogen-bond acceptors (Lipinski definition) is 3. The van der Waals surface area contributed by atoms with Crippen molar-refractivity contribution in [1.29, 1.82) is 0 Å². The van der Waals surface area contributed by atoms with Gasteiger partial charge in [0, 0.05) is 11.7 Å². The van der Waals surface area contributed by atoms with Crippen molar-refractivity contribution in [3.8, 4) is 0 Å². The minimum atomic E-state index is -3.71. The third kappa shape index (κ3) is 4.60. The Hall–Kier alpha value is -1.89. The van der Waals surface area contributed by atoms with Crippen LogP contribution in [0.4, 0.5) is 5.69 Å². The number of amides is 1. The minimum absolute atomic E-state index is 0.00304. The highest BCUT2D eigenvalue weighted by Gasteiger charge is 2.20. The zero-order valence-corrected chi connectivity index (χ0v) is 16.1. The summed E-state index contributed by atoms with van der Waals surface area (Å²) in [5.74, 6) is -0.458. The Balaban J connectivity index is 2.37. The molecule has 0 radical (unpaired) electrons. The Bertz CT molecular complexity index is 909. The standard InChI is InChI=1S/C18H21ClN2O3S/c1-11(2)21-25(23,24)14-8-9-16(19)15(10-14)18(22)20-17-7-5-6-12(3)13(17)4/h5-11,21H,1-4H3,(H,20,22). The van der Waals surface area contributed by atoms with E-state index in [1.165, 1.54) is 18.2 Å². The summed E-state index contributed by atoms with van der Waals surface area (Å²) in [7, 11) is -3.71. The van der Waals surface area contributed by atoms with E-state index >= 15 is 0 Å². The van der Waals surface area contributed by atoms with Gasteiger partial charge in [-0.05, 0) is 63.1 Å². The van der Waals surface area contributed by atoms with Gasteiger partial charge in [-0.15, -0.1) is 0 Å². The predicted octanol–water partition coefficient (Wildman–Crippen LogP) is 3.90. The van der Waals surface area contributed by atoms with Gasteiger partial charge in [0.15, 0.2) is 0 Å². The second-order valence-electron chi connectivity index (χ2n) is 6.12. The summed E-state index contributed by atoms with van der Waals surface area (Å²) in [6.45, 7) is 7.30. The number of nitrogens with one attached hydrogen (secondary N) is 2. The highest BCUT2D eigenvalue weighted by Crippen LogP contribution is 2.24. The van der Waals surface area contributed by atoms with Gasteiger partial charge in [-0.1, -0.05) is 23.7 Å². The van der Waals surface area contributed by atoms with Crippen LogP contribution in [0.3, 0.4) is 0 Å². The summed E-state index contributed by atoms with van der Waals surface area (Å²) in [5, 5.41) is 2.98. The Morgan fingerprint density at radius 2 is 1.80 bits per heavy atom. The highest BCUT2D eigenvalue weighted by atomic mass is 35.5. The molecule has 0 spiro atoms. The van der Waals surface area contributed by atoms with E-state index in [4.69, 9.17) is 11.6 Å². The van der Waals surface area contributed by atoms with Crippen molar-refractivity contribution in [1.82, 2.24) is 4.72 Å². The number of anilines is 1. The summed E-state index contributed by atoms with van der Waals surface area (Å²) in [4.78, 5) is 12.6. The average molecular weight is 381 g/mol. The van der Waals surface area contributed by atoms with Crippen LogP contribution in [0.1, 0.15) is 35.3 Å². The highest BCUT2D eigenvalue weighted by molar-refractivity contribution is 7.89. The van der Waals surface area contributed by atoms with Gasteiger partial charge in [0.25, 0.3) is 5.91 Å². The van der Waals surface area contributed by atoms with Crippen molar-refractivity contribution in [3.63, 3.8) is 0 Å². The lowest BCUT2D eigenvalue weighted by molar-refractivity contribution is 0.102. The molecule has 0 fully saturated rings. The summed E-state index contributed by atoms with van der Waals surface area (Å²) in [6, 6.07) is 9.39. The van der Waals surface area contributed by atoms with Crippen molar-refractivity contribution < 1.29 is 13.2 Å². The smallest absolute Gasteiger partial charge is 0.257 e. The zero-order chi connectivity index (χ0) is 18.8. The number of halogens is 1. The molecule has 2 N–H and O–H groups in total. The molecule has 0 aliphatic carbocycles. The van der Waals surface area contributed by atoms with Crippen LogP contribution >= 0.6 is 11.6 Å². The topological polar surface area (TPSA) is 75.3 Å². The van der Waals surface area contributed by atoms with Gasteiger partial charge in [-0.25, -0.2) is 13.1 Å². The molecular formula is C18H21ClN2O3S. The van der Waals surface area contributed by atoms with Crippen molar-refractivity contribution in [2.45, 2.75) is 38.6 Å². The van der Waals surface area contributed by atoms with Gasteiger partial charge >= 0.3 is 0 Å². The van der Waals surface area contributed by atoms with Gasteiger partial charge in [-0.3, -0.25) is 4.79 Å². The third-order valence-electron chi connectivity index (χ3n) is 3.74. The van der Waals surface area contributed by atoms with E-state index in [1.54, 1.807) is 19.9 Å². The molecule has 2 aromatic rings. The predicted molar refractivity (Wildman–Crippen MR) is 101 cm³/mol. The normalized spacial score (nSPS) is 11.6. The van der Waals surface area contributed by atoms with E-state index in [0.717, 1.165) is 11.1 Å². The fourth-order valence-electron chi connectivity index (χ4n) is 2.30. The Morgan fingerprint density at radius 1 is 1.12 bits per heavy atom. The molecule has 2 aromatic carbocycles. The molecule has 1 amide bonds. The first kappa shape index (κ1) is 19.4. The first-order valence-corrected chi connectivity index (χ1v) is 9.67. The first-order chi connectivity index (χ1) is 11.6. The van der Waals surface area contributed by atoms with Crippen LogP contribution in [-0.2, 0) is 10.0 Å². The largest absolute Gasteiger partial charge is 0.322 e. The maximum atomic E-state index is 12.6. The van der Waals surface area contributed by atoms with Crippen LogP contribution in [0.5, 0.6) is 0 Å². The van der Waals surface area contributed by atoms with Gasteiger partial charge in [0.1, 0.15) is 0 Å². The van der Waals surface area contributed by atoms with Crippen LogP contribution < -0.4 is 10.0 Å². The fourth-order valence-corrected chi connectivity index (χ4v) is 3.78. The molecule has 0 aliphatic heterocycles. The van der Waals surface area contributed by atoms with Gasteiger partial charge in [0.05, 0.1) is 15.5 Å². The molecule has 5 nitrogen and oxygen atoms in total. The summed E-state index contributed by atoms with van der Waals surface area (Å²) in [5.41, 5.74) is 2.75. The summed E-state index contributed by atoms with van der Waals surface area (Å²) in [6.07, 6.45) is 0. The van der Waals surface area contributed by atoms with E-state index in [1.807, 2.05) is 26.0 Å². The van der Waals surface area contributed by atoms with E-state index in [9.17, 15) is 13.2 Å². The van der Waals surface area contributed by atoms with E-state index in [-0.39, 0.29) is 21.5 Å². The van der Waals surface area contributed by atoms with Crippen molar-refractivity contribution in [2.24, 2.45) is 0 Å². The molecular weight excluding hydrogens is 360 g/mol. The lowest BCUT2D eigenvalue weighted by atomic mass is 10.1. The second-order valence-corrected chi connectivity index (χ2v) is 8.24. The van der Waals surface area contributed by atoms with Crippen molar-refractivity contribution in [3.05, 3.63) is 58.1 Å². The number of aryl methyl sites for hydroxylation is 1. The molecule has 0 bridgehead atoms. The number of sulfonamides is 1. The number of carbonyl (C=O) groups excluding carboxylic acids is 1. The first-order valence-electron chi connectivity index (χ1n) is 7.81. The number of hydrogen-bond donors (Lipinski definition) is 2. The quantitative estimate of drug-likeness (QED) is 0.826. The van der Waals surface area contributed by atoms with Crippen LogP contribution in [0.2, 0.25) is 5.02 Å². The Labute approximate surface area is 153 Å². The molecule has 0 atom stereocenters. The van der Waals surface area contributed by atoms with Crippen molar-refractivity contribution >= 4 is 33.2 Å². The number of benzene rings is 2. The zero-order valence-electron chi connectivity index (χ0n) is 14.6. The molecule has 0 heterocycles. The van der Waals surface area contributed by atoms with Crippen molar-refractivity contribution in [2.75, 3.05) is 5.32 Å². The van der Waals surface area contributed by atoms with Gasteiger partial charge < -0.3 is 5.32 Å². The van der Waals surface area contributed by atoms with E-state index < -0.39 is 15.9 Å². The fraction of sp³-hybridized carbons (Fsp3) is 0.278. The molecule has 0 aliphatic rings. The van der Waals surface area contributed by atoms with Crippen LogP contribution in [0, 0.1) is 13.8 Å². The summed E-state index contributed by atoms with van der Waals surface area (Å²) >= 11 is 6.11. The second kappa shape index (κ2) is 7.56. The minimum Gasteiger partial charge on any atom is -0.322 e. The lowest BCUT2D eigenvalue weighted by Gasteiger charge is -2.13. The van der Waals surface area contributed by atoms with E-state index in [0.29, 0.717) is 5.69 Å². The Morgan fingerprint density at radius 3 is 2.44 bits per heavy atom. The number of carbonyl (C=O) groups is 1. The average Bonchev–Trinajstić information content (AvgIpc) is 2.50.